The predicted octanol–water partition coefficient (Wildman–Crippen LogP) is 3.00. The summed E-state index contributed by atoms with van der Waals surface area (Å²) in [5.41, 5.74) is 1.20. The van der Waals surface area contributed by atoms with Crippen molar-refractivity contribution in [1.82, 2.24) is 5.32 Å². The van der Waals surface area contributed by atoms with E-state index in [4.69, 9.17) is 11.6 Å². The number of alkyl halides is 1. The highest BCUT2D eigenvalue weighted by Gasteiger charge is 2.15. The molecule has 0 saturated carbocycles. The summed E-state index contributed by atoms with van der Waals surface area (Å²) in [5.74, 6) is 0.586. The lowest BCUT2D eigenvalue weighted by Crippen LogP contribution is -2.40. The third kappa shape index (κ3) is 4.78. The molecule has 17 heavy (non-hydrogen) atoms. The molecule has 0 saturated heterocycles. The van der Waals surface area contributed by atoms with E-state index in [1.807, 2.05) is 32.0 Å². The first-order valence-electron chi connectivity index (χ1n) is 6.07. The van der Waals surface area contributed by atoms with Gasteiger partial charge in [0.25, 0.3) is 0 Å². The van der Waals surface area contributed by atoms with Crippen molar-refractivity contribution >= 4 is 17.5 Å². The van der Waals surface area contributed by atoms with Crippen molar-refractivity contribution in [3.05, 3.63) is 35.9 Å². The molecule has 1 aromatic rings. The minimum atomic E-state index is 0.0144. The van der Waals surface area contributed by atoms with Crippen molar-refractivity contribution in [2.45, 2.75) is 32.7 Å². The summed E-state index contributed by atoms with van der Waals surface area (Å²) in [4.78, 5) is 11.8. The monoisotopic (exact) mass is 253 g/mol. The Balaban J connectivity index is 2.52. The third-order valence-electron chi connectivity index (χ3n) is 2.92. The van der Waals surface area contributed by atoms with Gasteiger partial charge < -0.3 is 5.32 Å². The number of nitrogens with one attached hydrogen (secondary N) is 1. The van der Waals surface area contributed by atoms with Crippen LogP contribution in [0.25, 0.3) is 0 Å². The van der Waals surface area contributed by atoms with Gasteiger partial charge in [-0.1, -0.05) is 44.2 Å². The van der Waals surface area contributed by atoms with E-state index in [9.17, 15) is 4.79 Å². The van der Waals surface area contributed by atoms with Crippen LogP contribution in [-0.2, 0) is 11.2 Å². The highest BCUT2D eigenvalue weighted by molar-refractivity contribution is 6.18. The van der Waals surface area contributed by atoms with E-state index < -0.39 is 0 Å². The van der Waals surface area contributed by atoms with Crippen LogP contribution in [-0.4, -0.2) is 17.8 Å². The summed E-state index contributed by atoms with van der Waals surface area (Å²) >= 11 is 5.89. The van der Waals surface area contributed by atoms with Gasteiger partial charge in [-0.2, -0.15) is 0 Å². The largest absolute Gasteiger partial charge is 0.352 e. The van der Waals surface area contributed by atoms with Crippen LogP contribution in [0.3, 0.4) is 0 Å². The van der Waals surface area contributed by atoms with Crippen molar-refractivity contribution in [1.29, 1.82) is 0 Å². The van der Waals surface area contributed by atoms with Gasteiger partial charge in [0.2, 0.25) is 5.91 Å². The Hall–Kier alpha value is -1.02. The van der Waals surface area contributed by atoms with Gasteiger partial charge in [0.05, 0.1) is 0 Å². The van der Waals surface area contributed by atoms with Crippen LogP contribution in [0.1, 0.15) is 25.8 Å². The fourth-order valence-electron chi connectivity index (χ4n) is 1.57. The van der Waals surface area contributed by atoms with Crippen molar-refractivity contribution in [3.8, 4) is 0 Å². The van der Waals surface area contributed by atoms with E-state index in [1.165, 1.54) is 5.56 Å². The fourth-order valence-corrected chi connectivity index (χ4v) is 1.76. The van der Waals surface area contributed by atoms with Crippen LogP contribution in [0, 0.1) is 5.92 Å². The number of hydrogen-bond donors (Lipinski definition) is 1. The van der Waals surface area contributed by atoms with Gasteiger partial charge in [-0.25, -0.2) is 0 Å². The van der Waals surface area contributed by atoms with Gasteiger partial charge in [0.1, 0.15) is 0 Å². The second kappa shape index (κ2) is 7.33. The minimum Gasteiger partial charge on any atom is -0.352 e. The average Bonchev–Trinajstić information content (AvgIpc) is 2.38. The van der Waals surface area contributed by atoms with E-state index in [0.29, 0.717) is 5.88 Å². The number of benzene rings is 1. The van der Waals surface area contributed by atoms with Gasteiger partial charge in [-0.3, -0.25) is 4.79 Å². The standard InChI is InChI=1S/C14H20ClNO/c1-3-11(2)14(17)16-13(10-15)9-12-7-5-4-6-8-12/h4-8,11,13H,3,9-10H2,1-2H3,(H,16,17). The van der Waals surface area contributed by atoms with Crippen molar-refractivity contribution in [2.75, 3.05) is 5.88 Å². The van der Waals surface area contributed by atoms with Gasteiger partial charge in [-0.05, 0) is 18.4 Å². The van der Waals surface area contributed by atoms with Gasteiger partial charge >= 0.3 is 0 Å². The van der Waals surface area contributed by atoms with Crippen LogP contribution in [0.15, 0.2) is 30.3 Å². The van der Waals surface area contributed by atoms with Crippen molar-refractivity contribution in [2.24, 2.45) is 5.92 Å². The quantitative estimate of drug-likeness (QED) is 0.776. The van der Waals surface area contributed by atoms with Gasteiger partial charge in [-0.15, -0.1) is 11.6 Å². The highest BCUT2D eigenvalue weighted by Crippen LogP contribution is 2.07. The lowest BCUT2D eigenvalue weighted by atomic mass is 10.0. The Bertz CT molecular complexity index is 339. The Morgan fingerprint density at radius 1 is 1.35 bits per heavy atom. The molecule has 94 valence electrons. The number of rotatable bonds is 6. The highest BCUT2D eigenvalue weighted by atomic mass is 35.5. The van der Waals surface area contributed by atoms with Crippen molar-refractivity contribution in [3.63, 3.8) is 0 Å². The van der Waals surface area contributed by atoms with E-state index in [-0.39, 0.29) is 17.9 Å². The molecule has 0 fully saturated rings. The molecule has 1 N–H and O–H groups in total. The average molecular weight is 254 g/mol. The molecule has 0 bridgehead atoms. The molecular formula is C14H20ClNO. The summed E-state index contributed by atoms with van der Waals surface area (Å²) < 4.78 is 0. The molecular weight excluding hydrogens is 234 g/mol. The maximum absolute atomic E-state index is 11.8. The normalized spacial score (nSPS) is 14.1. The molecule has 0 aromatic heterocycles. The molecule has 0 aliphatic carbocycles. The molecule has 1 amide bonds. The van der Waals surface area contributed by atoms with Gasteiger partial charge in [0, 0.05) is 17.8 Å². The number of hydrogen-bond acceptors (Lipinski definition) is 1. The summed E-state index contributed by atoms with van der Waals surface area (Å²) in [6, 6.07) is 10.1. The molecule has 2 unspecified atom stereocenters. The molecule has 0 heterocycles. The Labute approximate surface area is 108 Å². The second-order valence-electron chi connectivity index (χ2n) is 4.36. The molecule has 0 aliphatic rings. The Morgan fingerprint density at radius 3 is 2.53 bits per heavy atom. The van der Waals surface area contributed by atoms with Gasteiger partial charge in [0.15, 0.2) is 0 Å². The van der Waals surface area contributed by atoms with Crippen LogP contribution in [0.5, 0.6) is 0 Å². The lowest BCUT2D eigenvalue weighted by molar-refractivity contribution is -0.125. The first kappa shape index (κ1) is 14.0. The van der Waals surface area contributed by atoms with E-state index >= 15 is 0 Å². The third-order valence-corrected chi connectivity index (χ3v) is 3.29. The Kier molecular flexibility index (Phi) is 6.06. The van der Waals surface area contributed by atoms with Crippen LogP contribution in [0.4, 0.5) is 0 Å². The van der Waals surface area contributed by atoms with Crippen LogP contribution >= 0.6 is 11.6 Å². The number of amides is 1. The van der Waals surface area contributed by atoms with Crippen LogP contribution < -0.4 is 5.32 Å². The van der Waals surface area contributed by atoms with E-state index in [0.717, 1.165) is 12.8 Å². The zero-order valence-corrected chi connectivity index (χ0v) is 11.2. The number of carbonyl (C=O) groups is 1. The van der Waals surface area contributed by atoms with E-state index in [1.54, 1.807) is 0 Å². The topological polar surface area (TPSA) is 29.1 Å². The first-order chi connectivity index (χ1) is 8.17. The van der Waals surface area contributed by atoms with Crippen LogP contribution in [0.2, 0.25) is 0 Å². The SMILES string of the molecule is CCC(C)C(=O)NC(CCl)Cc1ccccc1. The summed E-state index contributed by atoms with van der Waals surface area (Å²) in [6.07, 6.45) is 1.64. The maximum Gasteiger partial charge on any atom is 0.223 e. The van der Waals surface area contributed by atoms with E-state index in [2.05, 4.69) is 17.4 Å². The predicted molar refractivity (Wildman–Crippen MR) is 72.3 cm³/mol. The molecule has 3 heteroatoms. The van der Waals surface area contributed by atoms with Crippen molar-refractivity contribution < 1.29 is 4.79 Å². The second-order valence-corrected chi connectivity index (χ2v) is 4.67. The molecule has 1 aromatic carbocycles. The lowest BCUT2D eigenvalue weighted by Gasteiger charge is -2.18. The molecule has 0 radical (unpaired) electrons. The Morgan fingerprint density at radius 2 is 2.00 bits per heavy atom. The summed E-state index contributed by atoms with van der Waals surface area (Å²) in [6.45, 7) is 3.94. The number of carbonyl (C=O) groups excluding carboxylic acids is 1. The fraction of sp³-hybridized carbons (Fsp3) is 0.500. The summed E-state index contributed by atoms with van der Waals surface area (Å²) in [5, 5.41) is 2.99. The maximum atomic E-state index is 11.8. The molecule has 1 rings (SSSR count). The minimum absolute atomic E-state index is 0.0144. The zero-order chi connectivity index (χ0) is 12.7. The molecule has 2 nitrogen and oxygen atoms in total. The molecule has 0 spiro atoms. The first-order valence-corrected chi connectivity index (χ1v) is 6.61. The molecule has 2 atom stereocenters. The summed E-state index contributed by atoms with van der Waals surface area (Å²) in [7, 11) is 0. The smallest absolute Gasteiger partial charge is 0.223 e. The number of halogens is 1. The zero-order valence-electron chi connectivity index (χ0n) is 10.4. The molecule has 0 aliphatic heterocycles.